The first-order chi connectivity index (χ1) is 7.81. The molecule has 0 radical (unpaired) electrons. The predicted molar refractivity (Wildman–Crippen MR) is 71.0 cm³/mol. The van der Waals surface area contributed by atoms with E-state index in [4.69, 9.17) is 4.74 Å². The SMILES string of the molecule is Cc1ccccc1C(CBr)OCCC1CC1. The van der Waals surface area contributed by atoms with Crippen LogP contribution >= 0.6 is 15.9 Å². The Hall–Kier alpha value is -0.340. The van der Waals surface area contributed by atoms with Crippen molar-refractivity contribution in [1.82, 2.24) is 0 Å². The standard InChI is InChI=1S/C14H19BrO/c1-11-4-2-3-5-13(11)14(10-15)16-9-8-12-6-7-12/h2-5,12,14H,6-10H2,1H3. The van der Waals surface area contributed by atoms with Crippen molar-refractivity contribution in [2.24, 2.45) is 5.92 Å². The van der Waals surface area contributed by atoms with Gasteiger partial charge in [-0.15, -0.1) is 0 Å². The average molecular weight is 283 g/mol. The molecule has 1 aromatic carbocycles. The number of halogens is 1. The number of alkyl halides is 1. The van der Waals surface area contributed by atoms with Crippen LogP contribution in [0.25, 0.3) is 0 Å². The van der Waals surface area contributed by atoms with E-state index in [9.17, 15) is 0 Å². The zero-order valence-corrected chi connectivity index (χ0v) is 11.4. The maximum atomic E-state index is 5.96. The summed E-state index contributed by atoms with van der Waals surface area (Å²) >= 11 is 3.54. The molecule has 1 nitrogen and oxygen atoms in total. The molecule has 0 bridgehead atoms. The Morgan fingerprint density at radius 3 is 2.75 bits per heavy atom. The second kappa shape index (κ2) is 5.83. The molecule has 2 rings (SSSR count). The summed E-state index contributed by atoms with van der Waals surface area (Å²) < 4.78 is 5.96. The summed E-state index contributed by atoms with van der Waals surface area (Å²) in [4.78, 5) is 0. The Morgan fingerprint density at radius 1 is 1.38 bits per heavy atom. The molecule has 2 heteroatoms. The van der Waals surface area contributed by atoms with Crippen molar-refractivity contribution in [2.75, 3.05) is 11.9 Å². The highest BCUT2D eigenvalue weighted by Crippen LogP contribution is 2.33. The lowest BCUT2D eigenvalue weighted by molar-refractivity contribution is 0.0650. The Labute approximate surface area is 106 Å². The summed E-state index contributed by atoms with van der Waals surface area (Å²) in [6.07, 6.45) is 4.26. The van der Waals surface area contributed by atoms with Crippen LogP contribution in [0, 0.1) is 12.8 Å². The van der Waals surface area contributed by atoms with Crippen molar-refractivity contribution >= 4 is 15.9 Å². The van der Waals surface area contributed by atoms with Gasteiger partial charge in [0.15, 0.2) is 0 Å². The van der Waals surface area contributed by atoms with E-state index in [2.05, 4.69) is 47.1 Å². The summed E-state index contributed by atoms with van der Waals surface area (Å²) in [5, 5.41) is 0.878. The van der Waals surface area contributed by atoms with Crippen molar-refractivity contribution < 1.29 is 4.74 Å². The lowest BCUT2D eigenvalue weighted by Crippen LogP contribution is -2.08. The molecule has 1 aliphatic carbocycles. The van der Waals surface area contributed by atoms with Gasteiger partial charge in [-0.2, -0.15) is 0 Å². The highest BCUT2D eigenvalue weighted by Gasteiger charge is 2.21. The largest absolute Gasteiger partial charge is 0.373 e. The van der Waals surface area contributed by atoms with Gasteiger partial charge >= 0.3 is 0 Å². The zero-order chi connectivity index (χ0) is 11.4. The van der Waals surface area contributed by atoms with Crippen molar-refractivity contribution in [3.8, 4) is 0 Å². The molecule has 0 heterocycles. The smallest absolute Gasteiger partial charge is 0.0924 e. The van der Waals surface area contributed by atoms with Gasteiger partial charge in [-0.3, -0.25) is 0 Å². The van der Waals surface area contributed by atoms with Gasteiger partial charge in [-0.1, -0.05) is 53.0 Å². The second-order valence-electron chi connectivity index (χ2n) is 4.60. The van der Waals surface area contributed by atoms with E-state index in [1.54, 1.807) is 0 Å². The van der Waals surface area contributed by atoms with Crippen LogP contribution in [-0.4, -0.2) is 11.9 Å². The molecule has 1 atom stereocenters. The number of hydrogen-bond donors (Lipinski definition) is 0. The first kappa shape index (κ1) is 12.1. The van der Waals surface area contributed by atoms with E-state index in [-0.39, 0.29) is 6.10 Å². The van der Waals surface area contributed by atoms with Crippen molar-refractivity contribution in [3.63, 3.8) is 0 Å². The van der Waals surface area contributed by atoms with Crippen LogP contribution in [0.2, 0.25) is 0 Å². The third-order valence-electron chi connectivity index (χ3n) is 3.22. The topological polar surface area (TPSA) is 9.23 Å². The summed E-state index contributed by atoms with van der Waals surface area (Å²) in [7, 11) is 0. The van der Waals surface area contributed by atoms with Gasteiger partial charge in [0.05, 0.1) is 6.10 Å². The third kappa shape index (κ3) is 3.33. The Balaban J connectivity index is 1.90. The fourth-order valence-electron chi connectivity index (χ4n) is 1.95. The van der Waals surface area contributed by atoms with Gasteiger partial charge in [0.2, 0.25) is 0 Å². The molecule has 88 valence electrons. The summed E-state index contributed by atoms with van der Waals surface area (Å²) in [5.41, 5.74) is 2.63. The van der Waals surface area contributed by atoms with Crippen LogP contribution in [0.3, 0.4) is 0 Å². The van der Waals surface area contributed by atoms with Gasteiger partial charge in [0.1, 0.15) is 0 Å². The Morgan fingerprint density at radius 2 is 2.12 bits per heavy atom. The quantitative estimate of drug-likeness (QED) is 0.709. The molecular formula is C14H19BrO. The average Bonchev–Trinajstić information content (AvgIpc) is 3.10. The molecule has 0 amide bonds. The second-order valence-corrected chi connectivity index (χ2v) is 5.25. The Kier molecular flexibility index (Phi) is 4.42. The molecule has 1 saturated carbocycles. The fraction of sp³-hybridized carbons (Fsp3) is 0.571. The zero-order valence-electron chi connectivity index (χ0n) is 9.79. The van der Waals surface area contributed by atoms with E-state index in [1.165, 1.54) is 30.4 Å². The maximum Gasteiger partial charge on any atom is 0.0924 e. The van der Waals surface area contributed by atoms with E-state index in [0.717, 1.165) is 17.9 Å². The van der Waals surface area contributed by atoms with Crippen molar-refractivity contribution in [1.29, 1.82) is 0 Å². The molecule has 0 saturated heterocycles. The molecule has 1 aliphatic rings. The fourth-order valence-corrected chi connectivity index (χ4v) is 2.48. The number of aryl methyl sites for hydroxylation is 1. The number of ether oxygens (including phenoxy) is 1. The van der Waals surface area contributed by atoms with Crippen LogP contribution < -0.4 is 0 Å². The molecule has 0 aliphatic heterocycles. The minimum absolute atomic E-state index is 0.208. The first-order valence-electron chi connectivity index (χ1n) is 6.04. The molecule has 1 aromatic rings. The summed E-state index contributed by atoms with van der Waals surface area (Å²) in [6, 6.07) is 8.48. The minimum Gasteiger partial charge on any atom is -0.373 e. The van der Waals surface area contributed by atoms with Gasteiger partial charge in [0.25, 0.3) is 0 Å². The van der Waals surface area contributed by atoms with Crippen LogP contribution in [0.5, 0.6) is 0 Å². The minimum atomic E-state index is 0.208. The van der Waals surface area contributed by atoms with Crippen molar-refractivity contribution in [2.45, 2.75) is 32.3 Å². The number of rotatable bonds is 6. The van der Waals surface area contributed by atoms with Gasteiger partial charge in [0, 0.05) is 11.9 Å². The molecule has 0 aromatic heterocycles. The van der Waals surface area contributed by atoms with E-state index in [1.807, 2.05) is 0 Å². The molecule has 1 fully saturated rings. The van der Waals surface area contributed by atoms with E-state index in [0.29, 0.717) is 0 Å². The van der Waals surface area contributed by atoms with Gasteiger partial charge < -0.3 is 4.74 Å². The van der Waals surface area contributed by atoms with Crippen molar-refractivity contribution in [3.05, 3.63) is 35.4 Å². The van der Waals surface area contributed by atoms with E-state index >= 15 is 0 Å². The third-order valence-corrected chi connectivity index (χ3v) is 3.81. The summed E-state index contributed by atoms with van der Waals surface area (Å²) in [5.74, 6) is 0.952. The van der Waals surface area contributed by atoms with Crippen LogP contribution in [0.1, 0.15) is 36.5 Å². The van der Waals surface area contributed by atoms with Crippen LogP contribution in [0.15, 0.2) is 24.3 Å². The van der Waals surface area contributed by atoms with Crippen LogP contribution in [0.4, 0.5) is 0 Å². The molecular weight excluding hydrogens is 264 g/mol. The highest BCUT2D eigenvalue weighted by molar-refractivity contribution is 9.09. The Bertz CT molecular complexity index is 333. The predicted octanol–water partition coefficient (Wildman–Crippen LogP) is 4.25. The van der Waals surface area contributed by atoms with Gasteiger partial charge in [-0.25, -0.2) is 0 Å². The lowest BCUT2D eigenvalue weighted by Gasteiger charge is -2.17. The van der Waals surface area contributed by atoms with E-state index < -0.39 is 0 Å². The number of benzene rings is 1. The van der Waals surface area contributed by atoms with Gasteiger partial charge in [-0.05, 0) is 30.4 Å². The maximum absolute atomic E-state index is 5.96. The molecule has 0 N–H and O–H groups in total. The first-order valence-corrected chi connectivity index (χ1v) is 7.16. The van der Waals surface area contributed by atoms with Crippen LogP contribution in [-0.2, 0) is 4.74 Å². The number of hydrogen-bond acceptors (Lipinski definition) is 1. The molecule has 16 heavy (non-hydrogen) atoms. The summed E-state index contributed by atoms with van der Waals surface area (Å²) in [6.45, 7) is 3.05. The molecule has 0 spiro atoms. The monoisotopic (exact) mass is 282 g/mol. The highest BCUT2D eigenvalue weighted by atomic mass is 79.9. The molecule has 1 unspecified atom stereocenters. The lowest BCUT2D eigenvalue weighted by atomic mass is 10.0. The normalized spacial score (nSPS) is 17.4.